The van der Waals surface area contributed by atoms with Crippen LogP contribution in [-0.4, -0.2) is 23.0 Å². The van der Waals surface area contributed by atoms with Crippen molar-refractivity contribution in [3.63, 3.8) is 0 Å². The van der Waals surface area contributed by atoms with Crippen molar-refractivity contribution in [2.45, 2.75) is 0 Å². The minimum absolute atomic E-state index is 0.776. The molecular formula is C20H17O2Si. The van der Waals surface area contributed by atoms with Gasteiger partial charge in [0, 0.05) is 0 Å². The molecule has 0 atom stereocenters. The number of fused-ring (bicyclic) bond motifs is 3. The molecule has 0 saturated carbocycles. The number of rotatable bonds is 3. The minimum atomic E-state index is -0.995. The summed E-state index contributed by atoms with van der Waals surface area (Å²) in [5.74, 6) is 1.57. The van der Waals surface area contributed by atoms with Crippen molar-refractivity contribution in [3.05, 3.63) is 66.7 Å². The third-order valence-corrected chi connectivity index (χ3v) is 7.19. The topological polar surface area (TPSA) is 18.5 Å². The Morgan fingerprint density at radius 3 is 1.78 bits per heavy atom. The first-order valence-electron chi connectivity index (χ1n) is 7.62. The second-order valence-electron chi connectivity index (χ2n) is 5.54. The fourth-order valence-corrected chi connectivity index (χ4v) is 6.26. The second kappa shape index (κ2) is 5.59. The molecule has 1 aliphatic rings. The van der Waals surface area contributed by atoms with Crippen LogP contribution in [0.25, 0.3) is 11.1 Å². The van der Waals surface area contributed by atoms with E-state index >= 15 is 0 Å². The van der Waals surface area contributed by atoms with E-state index < -0.39 is 8.80 Å². The molecule has 3 aromatic rings. The smallest absolute Gasteiger partial charge is 0.160 e. The third kappa shape index (κ3) is 2.16. The van der Waals surface area contributed by atoms with E-state index in [2.05, 4.69) is 60.7 Å². The maximum atomic E-state index is 5.50. The zero-order valence-corrected chi connectivity index (χ0v) is 14.2. The number of hydrogen-bond donors (Lipinski definition) is 0. The summed E-state index contributed by atoms with van der Waals surface area (Å²) >= 11 is 0. The molecule has 2 nitrogen and oxygen atoms in total. The van der Waals surface area contributed by atoms with Crippen molar-refractivity contribution < 1.29 is 9.47 Å². The predicted molar refractivity (Wildman–Crippen MR) is 96.1 cm³/mol. The van der Waals surface area contributed by atoms with Crippen LogP contribution in [0.4, 0.5) is 0 Å². The molecule has 0 aliphatic carbocycles. The van der Waals surface area contributed by atoms with Gasteiger partial charge in [-0.25, -0.2) is 0 Å². The van der Waals surface area contributed by atoms with Crippen LogP contribution in [0.15, 0.2) is 66.7 Å². The maximum Gasteiger partial charge on any atom is 0.160 e. The van der Waals surface area contributed by atoms with E-state index in [0.717, 1.165) is 11.5 Å². The number of benzene rings is 3. The van der Waals surface area contributed by atoms with Crippen LogP contribution in [-0.2, 0) is 0 Å². The molecule has 3 aromatic carbocycles. The summed E-state index contributed by atoms with van der Waals surface area (Å²) in [5.41, 5.74) is 2.73. The summed E-state index contributed by atoms with van der Waals surface area (Å²) in [5, 5.41) is 4.22. The van der Waals surface area contributed by atoms with Gasteiger partial charge in [0.2, 0.25) is 0 Å². The lowest BCUT2D eigenvalue weighted by Gasteiger charge is -2.15. The van der Waals surface area contributed by atoms with Gasteiger partial charge in [-0.3, -0.25) is 0 Å². The van der Waals surface area contributed by atoms with Crippen molar-refractivity contribution in [3.8, 4) is 22.6 Å². The molecule has 113 valence electrons. The van der Waals surface area contributed by atoms with Gasteiger partial charge < -0.3 is 9.47 Å². The summed E-state index contributed by atoms with van der Waals surface area (Å²) in [6.07, 6.45) is 0. The molecule has 0 spiro atoms. The summed E-state index contributed by atoms with van der Waals surface area (Å²) < 4.78 is 10.9. The minimum Gasteiger partial charge on any atom is -0.493 e. The maximum absolute atomic E-state index is 5.50. The zero-order chi connectivity index (χ0) is 15.8. The van der Waals surface area contributed by atoms with Gasteiger partial charge in [0.1, 0.15) is 0 Å². The molecule has 0 bridgehead atoms. The highest BCUT2D eigenvalue weighted by molar-refractivity contribution is 6.99. The Labute approximate surface area is 137 Å². The van der Waals surface area contributed by atoms with Crippen LogP contribution in [0.5, 0.6) is 11.5 Å². The average molecular weight is 317 g/mol. The zero-order valence-electron chi connectivity index (χ0n) is 13.2. The number of ether oxygens (including phenoxy) is 2. The van der Waals surface area contributed by atoms with Crippen molar-refractivity contribution in [1.29, 1.82) is 0 Å². The van der Waals surface area contributed by atoms with E-state index in [1.165, 1.54) is 26.7 Å². The molecular weight excluding hydrogens is 300 g/mol. The first kappa shape index (κ1) is 14.1. The molecule has 0 saturated heterocycles. The fourth-order valence-electron chi connectivity index (χ4n) is 3.32. The highest BCUT2D eigenvalue weighted by atomic mass is 28.3. The molecule has 1 aliphatic heterocycles. The highest BCUT2D eigenvalue weighted by Gasteiger charge is 2.31. The number of hydrogen-bond acceptors (Lipinski definition) is 2. The number of methoxy groups -OCH3 is 2. The molecule has 0 amide bonds. The standard InChI is InChI=1S/C20H17O2Si/c1-21-17-12-11-14(13-18(17)22-2)23-19-9-5-3-7-15(19)16-8-4-6-10-20(16)23/h3-13H,1-2H3. The molecule has 0 aromatic heterocycles. The lowest BCUT2D eigenvalue weighted by molar-refractivity contribution is 0.355. The van der Waals surface area contributed by atoms with Crippen LogP contribution < -0.4 is 25.0 Å². The molecule has 4 rings (SSSR count). The fraction of sp³-hybridized carbons (Fsp3) is 0.100. The lowest BCUT2D eigenvalue weighted by Crippen LogP contribution is -2.48. The molecule has 0 N–H and O–H groups in total. The van der Waals surface area contributed by atoms with Crippen molar-refractivity contribution in [1.82, 2.24) is 0 Å². The van der Waals surface area contributed by atoms with Crippen LogP contribution in [0, 0.1) is 0 Å². The first-order chi connectivity index (χ1) is 11.3. The Morgan fingerprint density at radius 2 is 1.22 bits per heavy atom. The summed E-state index contributed by atoms with van der Waals surface area (Å²) in [4.78, 5) is 0. The van der Waals surface area contributed by atoms with E-state index in [-0.39, 0.29) is 0 Å². The Bertz CT molecular complexity index is 828. The SMILES string of the molecule is COc1ccc([Si]2c3ccccc3-c3ccccc32)cc1OC. The van der Waals surface area contributed by atoms with Gasteiger partial charge in [-0.1, -0.05) is 54.6 Å². The summed E-state index contributed by atoms with van der Waals surface area (Å²) in [6.45, 7) is 0. The van der Waals surface area contributed by atoms with Gasteiger partial charge >= 0.3 is 0 Å². The van der Waals surface area contributed by atoms with Gasteiger partial charge in [-0.05, 0) is 38.8 Å². The quantitative estimate of drug-likeness (QED) is 0.539. The molecule has 1 radical (unpaired) electrons. The van der Waals surface area contributed by atoms with E-state index in [9.17, 15) is 0 Å². The Morgan fingerprint density at radius 1 is 0.652 bits per heavy atom. The first-order valence-corrected chi connectivity index (χ1v) is 9.12. The van der Waals surface area contributed by atoms with Crippen LogP contribution >= 0.6 is 0 Å². The van der Waals surface area contributed by atoms with Gasteiger partial charge in [0.25, 0.3) is 0 Å². The second-order valence-corrected chi connectivity index (χ2v) is 7.94. The van der Waals surface area contributed by atoms with Gasteiger partial charge in [0.15, 0.2) is 20.3 Å². The molecule has 23 heavy (non-hydrogen) atoms. The molecule has 1 heterocycles. The normalized spacial score (nSPS) is 12.6. The Balaban J connectivity index is 1.92. The van der Waals surface area contributed by atoms with Gasteiger partial charge in [-0.2, -0.15) is 0 Å². The van der Waals surface area contributed by atoms with E-state index in [1.807, 2.05) is 6.07 Å². The average Bonchev–Trinajstić information content (AvgIpc) is 2.95. The van der Waals surface area contributed by atoms with Crippen LogP contribution in [0.1, 0.15) is 0 Å². The lowest BCUT2D eigenvalue weighted by atomic mass is 10.1. The van der Waals surface area contributed by atoms with Gasteiger partial charge in [0.05, 0.1) is 14.2 Å². The molecule has 0 unspecified atom stereocenters. The van der Waals surface area contributed by atoms with E-state index in [1.54, 1.807) is 14.2 Å². The van der Waals surface area contributed by atoms with Gasteiger partial charge in [-0.15, -0.1) is 0 Å². The van der Waals surface area contributed by atoms with E-state index in [4.69, 9.17) is 9.47 Å². The Kier molecular flexibility index (Phi) is 3.43. The van der Waals surface area contributed by atoms with Crippen molar-refractivity contribution in [2.24, 2.45) is 0 Å². The summed E-state index contributed by atoms with van der Waals surface area (Å²) in [6, 6.07) is 23.8. The van der Waals surface area contributed by atoms with Crippen molar-refractivity contribution in [2.75, 3.05) is 14.2 Å². The van der Waals surface area contributed by atoms with Crippen molar-refractivity contribution >= 4 is 24.4 Å². The van der Waals surface area contributed by atoms with Crippen LogP contribution in [0.2, 0.25) is 0 Å². The largest absolute Gasteiger partial charge is 0.493 e. The molecule has 0 fully saturated rings. The summed E-state index contributed by atoms with van der Waals surface area (Å²) in [7, 11) is 2.37. The third-order valence-electron chi connectivity index (χ3n) is 4.36. The Hall–Kier alpha value is -2.52. The predicted octanol–water partition coefficient (Wildman–Crippen LogP) is 2.20. The van der Waals surface area contributed by atoms with E-state index in [0.29, 0.717) is 0 Å². The monoisotopic (exact) mass is 317 g/mol. The molecule has 3 heteroatoms. The highest BCUT2D eigenvalue weighted by Crippen LogP contribution is 2.27. The van der Waals surface area contributed by atoms with Crippen LogP contribution in [0.3, 0.4) is 0 Å².